The molecule has 5 rings (SSSR count). The van der Waals surface area contributed by atoms with Gasteiger partial charge in [-0.3, -0.25) is 14.4 Å². The Labute approximate surface area is 230 Å². The summed E-state index contributed by atoms with van der Waals surface area (Å²) in [7, 11) is 0. The van der Waals surface area contributed by atoms with E-state index in [9.17, 15) is 19.5 Å². The number of halogens is 1. The molecule has 0 radical (unpaired) electrons. The first-order chi connectivity index (χ1) is 19.4. The van der Waals surface area contributed by atoms with Crippen molar-refractivity contribution in [2.75, 3.05) is 11.5 Å². The second-order valence-corrected chi connectivity index (χ2v) is 9.53. The summed E-state index contributed by atoms with van der Waals surface area (Å²) >= 11 is 0. The molecule has 7 nitrogen and oxygen atoms in total. The Morgan fingerprint density at radius 3 is 2.02 bits per heavy atom. The molecule has 0 aliphatic carbocycles. The van der Waals surface area contributed by atoms with E-state index < -0.39 is 29.5 Å². The molecule has 4 aromatic carbocycles. The van der Waals surface area contributed by atoms with Crippen molar-refractivity contribution < 1.29 is 33.4 Å². The van der Waals surface area contributed by atoms with Gasteiger partial charge in [-0.2, -0.15) is 0 Å². The van der Waals surface area contributed by atoms with Gasteiger partial charge in [0, 0.05) is 10.8 Å². The van der Waals surface area contributed by atoms with Crippen LogP contribution >= 0.6 is 0 Å². The van der Waals surface area contributed by atoms with Crippen LogP contribution in [-0.4, -0.2) is 29.5 Å². The second kappa shape index (κ2) is 11.2. The molecule has 1 aliphatic rings. The minimum Gasteiger partial charge on any atom is -0.492 e. The van der Waals surface area contributed by atoms with Gasteiger partial charge in [0.1, 0.15) is 23.9 Å². The number of fused-ring (bicyclic) bond motifs is 2. The number of anilines is 1. The molecule has 1 N–H and O–H groups in total. The van der Waals surface area contributed by atoms with Gasteiger partial charge in [0.25, 0.3) is 11.8 Å². The minimum absolute atomic E-state index is 0.00572. The number of carbonyl (C=O) groups is 3. The van der Waals surface area contributed by atoms with Crippen LogP contribution in [-0.2, 0) is 11.4 Å². The van der Waals surface area contributed by atoms with E-state index in [1.54, 1.807) is 31.2 Å². The van der Waals surface area contributed by atoms with Crippen LogP contribution in [0.4, 0.5) is 10.1 Å². The van der Waals surface area contributed by atoms with Crippen molar-refractivity contribution in [2.24, 2.45) is 0 Å². The van der Waals surface area contributed by atoms with Gasteiger partial charge in [-0.15, -0.1) is 0 Å². The number of carbonyl (C=O) groups excluding carboxylic acids is 2. The van der Waals surface area contributed by atoms with Crippen LogP contribution in [0.5, 0.6) is 11.5 Å². The topological polar surface area (TPSA) is 93.1 Å². The molecule has 0 saturated heterocycles. The monoisotopic (exact) mass is 541 g/mol. The first-order valence-electron chi connectivity index (χ1n) is 13.2. The van der Waals surface area contributed by atoms with Crippen molar-refractivity contribution in [3.63, 3.8) is 0 Å². The van der Waals surface area contributed by atoms with Crippen LogP contribution < -0.4 is 14.4 Å². The average Bonchev–Trinajstić information content (AvgIpc) is 3.21. The lowest BCUT2D eigenvalue weighted by atomic mass is 9.96. The highest BCUT2D eigenvalue weighted by molar-refractivity contribution is 6.38. The van der Waals surface area contributed by atoms with E-state index in [1.807, 2.05) is 37.3 Å². The highest BCUT2D eigenvalue weighted by Gasteiger charge is 2.44. The molecule has 1 atom stereocenters. The van der Waals surface area contributed by atoms with Gasteiger partial charge < -0.3 is 14.6 Å². The molecule has 204 valence electrons. The zero-order valence-corrected chi connectivity index (χ0v) is 22.1. The standard InChI is InChI=1S/C32H28FNO6/c1-3-16-39-28-22-12-8-9-13-23(22)29(40-18-19-10-6-5-7-11-19)27-26(28)30(35)34(31(27)36)25-15-14-20(17-24(25)33)21(4-2)32(37)38/h5-15,17,21H,3-4,16,18H2,1-2H3,(H,37,38). The Bertz CT molecular complexity index is 1620. The maximum Gasteiger partial charge on any atom is 0.310 e. The predicted molar refractivity (Wildman–Crippen MR) is 149 cm³/mol. The summed E-state index contributed by atoms with van der Waals surface area (Å²) < 4.78 is 27.7. The number of nitrogens with zero attached hydrogens (tertiary/aromatic N) is 1. The third-order valence-corrected chi connectivity index (χ3v) is 6.95. The summed E-state index contributed by atoms with van der Waals surface area (Å²) in [6.45, 7) is 4.06. The number of hydrogen-bond acceptors (Lipinski definition) is 5. The Balaban J connectivity index is 1.66. The zero-order valence-electron chi connectivity index (χ0n) is 22.1. The molecule has 0 fully saturated rings. The second-order valence-electron chi connectivity index (χ2n) is 9.53. The zero-order chi connectivity index (χ0) is 28.4. The molecule has 1 unspecified atom stereocenters. The SMILES string of the molecule is CCCOc1c2c(c(OCc3ccccc3)c3ccccc13)C(=O)N(c1ccc(C(CC)C(=O)O)cc1F)C2=O. The number of hydrogen-bond donors (Lipinski definition) is 1. The molecular weight excluding hydrogens is 513 g/mol. The van der Waals surface area contributed by atoms with E-state index in [2.05, 4.69) is 0 Å². The van der Waals surface area contributed by atoms with E-state index in [-0.39, 0.29) is 46.9 Å². The summed E-state index contributed by atoms with van der Waals surface area (Å²) in [4.78, 5) is 40.2. The number of carboxylic acid groups (broad SMARTS) is 1. The van der Waals surface area contributed by atoms with E-state index in [0.29, 0.717) is 23.8 Å². The van der Waals surface area contributed by atoms with Crippen molar-refractivity contribution in [1.29, 1.82) is 0 Å². The van der Waals surface area contributed by atoms with E-state index >= 15 is 4.39 Å². The largest absolute Gasteiger partial charge is 0.492 e. The molecule has 0 spiro atoms. The van der Waals surface area contributed by atoms with Gasteiger partial charge in [-0.05, 0) is 36.1 Å². The number of imide groups is 1. The Morgan fingerprint density at radius 1 is 0.875 bits per heavy atom. The van der Waals surface area contributed by atoms with Crippen LogP contribution in [0, 0.1) is 5.82 Å². The fraction of sp³-hybridized carbons (Fsp3) is 0.219. The van der Waals surface area contributed by atoms with Crippen LogP contribution in [0.2, 0.25) is 0 Å². The lowest BCUT2D eigenvalue weighted by molar-refractivity contribution is -0.138. The fourth-order valence-electron chi connectivity index (χ4n) is 5.03. The third-order valence-electron chi connectivity index (χ3n) is 6.95. The number of amides is 2. The van der Waals surface area contributed by atoms with Crippen molar-refractivity contribution >= 4 is 34.2 Å². The number of ether oxygens (including phenoxy) is 2. The average molecular weight is 542 g/mol. The molecular formula is C32H28FNO6. The number of rotatable bonds is 10. The molecule has 2 amide bonds. The molecule has 8 heteroatoms. The Morgan fingerprint density at radius 2 is 1.48 bits per heavy atom. The molecule has 4 aromatic rings. The summed E-state index contributed by atoms with van der Waals surface area (Å²) in [5, 5.41) is 10.7. The van der Waals surface area contributed by atoms with Gasteiger partial charge in [0.2, 0.25) is 0 Å². The lowest BCUT2D eigenvalue weighted by Gasteiger charge is -2.17. The van der Waals surface area contributed by atoms with Crippen LogP contribution in [0.1, 0.15) is 64.4 Å². The Hall–Kier alpha value is -4.72. The molecule has 0 bridgehead atoms. The number of carboxylic acids is 1. The first-order valence-corrected chi connectivity index (χ1v) is 13.2. The first kappa shape index (κ1) is 26.9. The van der Waals surface area contributed by atoms with E-state index in [4.69, 9.17) is 9.47 Å². The van der Waals surface area contributed by atoms with Gasteiger partial charge >= 0.3 is 5.97 Å². The fourth-order valence-corrected chi connectivity index (χ4v) is 5.03. The van der Waals surface area contributed by atoms with E-state index in [1.165, 1.54) is 12.1 Å². The van der Waals surface area contributed by atoms with E-state index in [0.717, 1.165) is 16.5 Å². The summed E-state index contributed by atoms with van der Waals surface area (Å²) in [6, 6.07) is 20.4. The molecule has 0 aromatic heterocycles. The lowest BCUT2D eigenvalue weighted by Crippen LogP contribution is -2.30. The number of aliphatic carboxylic acids is 1. The van der Waals surface area contributed by atoms with Crippen LogP contribution in [0.25, 0.3) is 10.8 Å². The van der Waals surface area contributed by atoms with Crippen molar-refractivity contribution in [1.82, 2.24) is 0 Å². The van der Waals surface area contributed by atoms with Crippen LogP contribution in [0.3, 0.4) is 0 Å². The summed E-state index contributed by atoms with van der Waals surface area (Å²) in [5.41, 5.74) is 0.866. The maximum atomic E-state index is 15.5. The van der Waals surface area contributed by atoms with Gasteiger partial charge in [-0.25, -0.2) is 9.29 Å². The smallest absolute Gasteiger partial charge is 0.310 e. The minimum atomic E-state index is -1.08. The maximum absolute atomic E-state index is 15.5. The summed E-state index contributed by atoms with van der Waals surface area (Å²) in [5.74, 6) is -3.89. The number of benzene rings is 4. The third kappa shape index (κ3) is 4.66. The molecule has 1 aliphatic heterocycles. The quantitative estimate of drug-likeness (QED) is 0.224. The van der Waals surface area contributed by atoms with Gasteiger partial charge in [0.05, 0.1) is 29.3 Å². The van der Waals surface area contributed by atoms with Crippen molar-refractivity contribution in [2.45, 2.75) is 39.2 Å². The molecule has 1 heterocycles. The molecule has 0 saturated carbocycles. The summed E-state index contributed by atoms with van der Waals surface area (Å²) in [6.07, 6.45) is 0.924. The highest BCUT2D eigenvalue weighted by atomic mass is 19.1. The molecule has 40 heavy (non-hydrogen) atoms. The van der Waals surface area contributed by atoms with Gasteiger partial charge in [0.15, 0.2) is 0 Å². The van der Waals surface area contributed by atoms with Gasteiger partial charge in [-0.1, -0.05) is 74.5 Å². The predicted octanol–water partition coefficient (Wildman–Crippen LogP) is 6.73. The highest BCUT2D eigenvalue weighted by Crippen LogP contribution is 2.46. The van der Waals surface area contributed by atoms with Crippen molar-refractivity contribution in [3.8, 4) is 11.5 Å². The normalized spacial score (nSPS) is 13.4. The van der Waals surface area contributed by atoms with Crippen LogP contribution in [0.15, 0.2) is 72.8 Å². The van der Waals surface area contributed by atoms with Crippen molar-refractivity contribution in [3.05, 3.63) is 101 Å². The Kier molecular flexibility index (Phi) is 7.51.